The predicted molar refractivity (Wildman–Crippen MR) is 84.3 cm³/mol. The first kappa shape index (κ1) is 15.8. The van der Waals surface area contributed by atoms with Crippen molar-refractivity contribution < 1.29 is 14.3 Å². The first-order chi connectivity index (χ1) is 9.85. The van der Waals surface area contributed by atoms with Gasteiger partial charge in [-0.3, -0.25) is 4.79 Å². The molecule has 0 saturated carbocycles. The number of carbonyl (C=O) groups excluding carboxylic acids is 1. The van der Waals surface area contributed by atoms with Crippen LogP contribution in [0, 0.1) is 0 Å². The van der Waals surface area contributed by atoms with Crippen LogP contribution in [-0.2, 0) is 5.41 Å². The molecular formula is C15H16ClNO3S. The van der Waals surface area contributed by atoms with Crippen molar-refractivity contribution in [3.8, 4) is 16.7 Å². The van der Waals surface area contributed by atoms with E-state index in [1.54, 1.807) is 7.11 Å². The number of aldehydes is 1. The van der Waals surface area contributed by atoms with Gasteiger partial charge in [-0.1, -0.05) is 43.7 Å². The van der Waals surface area contributed by atoms with Gasteiger partial charge in [0.1, 0.15) is 16.4 Å². The van der Waals surface area contributed by atoms with E-state index in [0.29, 0.717) is 22.1 Å². The molecule has 1 aromatic carbocycles. The summed E-state index contributed by atoms with van der Waals surface area (Å²) in [5.74, 6) is 1.43. The van der Waals surface area contributed by atoms with Crippen LogP contribution >= 0.6 is 22.9 Å². The second-order valence-corrected chi connectivity index (χ2v) is 6.82. The van der Waals surface area contributed by atoms with Crippen LogP contribution in [0.15, 0.2) is 18.2 Å². The van der Waals surface area contributed by atoms with Crippen molar-refractivity contribution in [3.63, 3.8) is 0 Å². The van der Waals surface area contributed by atoms with E-state index >= 15 is 0 Å². The summed E-state index contributed by atoms with van der Waals surface area (Å²) >= 11 is 6.98. The monoisotopic (exact) mass is 325 g/mol. The lowest BCUT2D eigenvalue weighted by atomic mass is 9.86. The van der Waals surface area contributed by atoms with Crippen LogP contribution in [0.4, 0.5) is 0 Å². The topological polar surface area (TPSA) is 48.4 Å². The molecule has 0 radical (unpaired) electrons. The van der Waals surface area contributed by atoms with Crippen molar-refractivity contribution in [2.75, 3.05) is 7.11 Å². The van der Waals surface area contributed by atoms with E-state index in [-0.39, 0.29) is 10.6 Å². The number of hydrogen-bond donors (Lipinski definition) is 0. The van der Waals surface area contributed by atoms with E-state index in [1.807, 2.05) is 18.2 Å². The molecule has 1 heterocycles. The highest BCUT2D eigenvalue weighted by Gasteiger charge is 2.21. The average Bonchev–Trinajstić information content (AvgIpc) is 2.78. The van der Waals surface area contributed by atoms with Crippen LogP contribution in [0.2, 0.25) is 5.15 Å². The van der Waals surface area contributed by atoms with Gasteiger partial charge in [0.2, 0.25) is 0 Å². The Hall–Kier alpha value is -1.59. The zero-order valence-electron chi connectivity index (χ0n) is 12.3. The third-order valence-electron chi connectivity index (χ3n) is 2.89. The number of methoxy groups -OCH3 is 1. The Bertz CT molecular complexity index is 661. The van der Waals surface area contributed by atoms with Gasteiger partial charge in [0.15, 0.2) is 11.4 Å². The van der Waals surface area contributed by atoms with Gasteiger partial charge in [0, 0.05) is 5.56 Å². The molecule has 0 amide bonds. The summed E-state index contributed by atoms with van der Waals surface area (Å²) < 4.78 is 11.1. The first-order valence-electron chi connectivity index (χ1n) is 6.33. The molecule has 112 valence electrons. The summed E-state index contributed by atoms with van der Waals surface area (Å²) in [6, 6.07) is 5.58. The summed E-state index contributed by atoms with van der Waals surface area (Å²) in [4.78, 5) is 15.2. The van der Waals surface area contributed by atoms with Gasteiger partial charge < -0.3 is 9.47 Å². The Morgan fingerprint density at radius 2 is 2.05 bits per heavy atom. The minimum Gasteiger partial charge on any atom is -0.497 e. The average molecular weight is 326 g/mol. The number of hydrogen-bond acceptors (Lipinski definition) is 5. The number of aromatic nitrogens is 1. The Morgan fingerprint density at radius 1 is 1.33 bits per heavy atom. The Morgan fingerprint density at radius 3 is 2.57 bits per heavy atom. The molecule has 4 nitrogen and oxygen atoms in total. The molecule has 0 spiro atoms. The highest BCUT2D eigenvalue weighted by molar-refractivity contribution is 7.15. The van der Waals surface area contributed by atoms with Crippen LogP contribution in [0.5, 0.6) is 16.7 Å². The molecule has 0 aliphatic carbocycles. The predicted octanol–water partition coefficient (Wildman–Crippen LogP) is 4.71. The zero-order valence-corrected chi connectivity index (χ0v) is 13.8. The first-order valence-corrected chi connectivity index (χ1v) is 7.52. The van der Waals surface area contributed by atoms with Crippen molar-refractivity contribution >= 4 is 29.2 Å². The van der Waals surface area contributed by atoms with Crippen molar-refractivity contribution in [1.29, 1.82) is 0 Å². The maximum absolute atomic E-state index is 10.8. The molecule has 6 heteroatoms. The lowest BCUT2D eigenvalue weighted by Crippen LogP contribution is -2.12. The van der Waals surface area contributed by atoms with Crippen LogP contribution in [0.1, 0.15) is 36.0 Å². The van der Waals surface area contributed by atoms with Gasteiger partial charge in [-0.2, -0.15) is 4.98 Å². The summed E-state index contributed by atoms with van der Waals surface area (Å²) in [5, 5.41) is 0.508. The van der Waals surface area contributed by atoms with E-state index in [2.05, 4.69) is 25.8 Å². The van der Waals surface area contributed by atoms with E-state index in [9.17, 15) is 4.79 Å². The third kappa shape index (κ3) is 3.54. The molecule has 0 fully saturated rings. The SMILES string of the molecule is COc1ccc(Oc2nc(Cl)c(C=O)s2)c(C(C)(C)C)c1. The molecule has 2 rings (SSSR count). The van der Waals surface area contributed by atoms with Crippen molar-refractivity contribution in [2.24, 2.45) is 0 Å². The second kappa shape index (κ2) is 6.03. The minimum absolute atomic E-state index is 0.127. The molecule has 1 aromatic heterocycles. The molecule has 0 aliphatic rings. The molecule has 0 atom stereocenters. The van der Waals surface area contributed by atoms with Gasteiger partial charge in [-0.25, -0.2) is 0 Å². The quantitative estimate of drug-likeness (QED) is 0.764. The van der Waals surface area contributed by atoms with E-state index in [4.69, 9.17) is 21.1 Å². The highest BCUT2D eigenvalue weighted by Crippen LogP contribution is 2.38. The summed E-state index contributed by atoms with van der Waals surface area (Å²) in [5.41, 5.74) is 0.860. The lowest BCUT2D eigenvalue weighted by Gasteiger charge is -2.22. The van der Waals surface area contributed by atoms with Crippen molar-refractivity contribution in [1.82, 2.24) is 4.98 Å². The van der Waals surface area contributed by atoms with Crippen molar-refractivity contribution in [3.05, 3.63) is 33.8 Å². The standard InChI is InChI=1S/C15H16ClNO3S/c1-15(2,3)10-7-9(19-4)5-6-11(10)20-14-17-13(16)12(8-18)21-14/h5-8H,1-4H3. The van der Waals surface area contributed by atoms with Crippen LogP contribution in [-0.4, -0.2) is 18.4 Å². The number of thiazole rings is 1. The number of carbonyl (C=O) groups is 1. The number of benzene rings is 1. The summed E-state index contributed by atoms with van der Waals surface area (Å²) in [6.07, 6.45) is 0.672. The second-order valence-electron chi connectivity index (χ2n) is 5.47. The number of nitrogens with zero attached hydrogens (tertiary/aromatic N) is 1. The zero-order chi connectivity index (χ0) is 15.6. The molecule has 0 saturated heterocycles. The normalized spacial score (nSPS) is 11.3. The largest absolute Gasteiger partial charge is 0.497 e. The molecule has 0 aliphatic heterocycles. The van der Waals surface area contributed by atoms with Crippen molar-refractivity contribution in [2.45, 2.75) is 26.2 Å². The molecule has 2 aromatic rings. The summed E-state index contributed by atoms with van der Waals surface area (Å²) in [6.45, 7) is 6.25. The molecule has 0 N–H and O–H groups in total. The Balaban J connectivity index is 2.41. The molecule has 0 bridgehead atoms. The number of halogens is 1. The van der Waals surface area contributed by atoms with Gasteiger partial charge in [-0.05, 0) is 23.6 Å². The fraction of sp³-hybridized carbons (Fsp3) is 0.333. The smallest absolute Gasteiger partial charge is 0.280 e. The molecule has 21 heavy (non-hydrogen) atoms. The van der Waals surface area contributed by atoms with E-state index in [0.717, 1.165) is 22.6 Å². The van der Waals surface area contributed by atoms with Crippen LogP contribution in [0.3, 0.4) is 0 Å². The van der Waals surface area contributed by atoms with Crippen LogP contribution < -0.4 is 9.47 Å². The third-order valence-corrected chi connectivity index (χ3v) is 4.15. The van der Waals surface area contributed by atoms with E-state index < -0.39 is 0 Å². The van der Waals surface area contributed by atoms with E-state index in [1.165, 1.54) is 0 Å². The number of ether oxygens (including phenoxy) is 2. The fourth-order valence-electron chi connectivity index (χ4n) is 1.82. The fourth-order valence-corrected chi connectivity index (χ4v) is 2.74. The minimum atomic E-state index is -0.127. The molecular weight excluding hydrogens is 310 g/mol. The lowest BCUT2D eigenvalue weighted by molar-refractivity contribution is 0.112. The van der Waals surface area contributed by atoms with Gasteiger partial charge in [0.05, 0.1) is 7.11 Å². The van der Waals surface area contributed by atoms with Gasteiger partial charge >= 0.3 is 0 Å². The summed E-state index contributed by atoms with van der Waals surface area (Å²) in [7, 11) is 1.62. The van der Waals surface area contributed by atoms with Gasteiger partial charge in [-0.15, -0.1) is 0 Å². The van der Waals surface area contributed by atoms with Gasteiger partial charge in [0.25, 0.3) is 5.19 Å². The van der Waals surface area contributed by atoms with Crippen LogP contribution in [0.25, 0.3) is 0 Å². The maximum Gasteiger partial charge on any atom is 0.280 e. The Kier molecular flexibility index (Phi) is 4.54. The highest BCUT2D eigenvalue weighted by atomic mass is 35.5. The number of rotatable bonds is 4. The molecule has 0 unspecified atom stereocenters. The maximum atomic E-state index is 10.8. The Labute approximate surface area is 132 Å².